The maximum absolute atomic E-state index is 11.9. The number of carbonyl (C=O) groups is 1. The van der Waals surface area contributed by atoms with Crippen molar-refractivity contribution in [1.82, 2.24) is 4.98 Å². The van der Waals surface area contributed by atoms with E-state index in [4.69, 9.17) is 9.47 Å². The van der Waals surface area contributed by atoms with Crippen LogP contribution in [0.15, 0.2) is 36.5 Å². The Hall–Kier alpha value is -3.22. The fourth-order valence-corrected chi connectivity index (χ4v) is 2.99. The molecule has 7 heteroatoms. The van der Waals surface area contributed by atoms with E-state index in [1.165, 1.54) is 7.11 Å². The normalized spacial score (nSPS) is 10.8. The van der Waals surface area contributed by atoms with Gasteiger partial charge in [0, 0.05) is 17.0 Å². The van der Waals surface area contributed by atoms with Crippen molar-refractivity contribution in [3.05, 3.63) is 52.2 Å². The van der Waals surface area contributed by atoms with Crippen LogP contribution >= 0.6 is 0 Å². The van der Waals surface area contributed by atoms with Gasteiger partial charge in [-0.3, -0.25) is 19.9 Å². The lowest BCUT2D eigenvalue weighted by molar-refractivity contribution is -0.383. The zero-order valence-corrected chi connectivity index (χ0v) is 13.8. The van der Waals surface area contributed by atoms with Crippen molar-refractivity contribution in [2.45, 2.75) is 13.3 Å². The largest absolute Gasteiger partial charge is 0.490 e. The Kier molecular flexibility index (Phi) is 4.47. The lowest BCUT2D eigenvalue weighted by Gasteiger charge is -2.12. The molecule has 0 aliphatic rings. The molecule has 3 aromatic rings. The van der Waals surface area contributed by atoms with Crippen molar-refractivity contribution >= 4 is 33.3 Å². The number of carbonyl (C=O) groups excluding carboxylic acids is 1. The van der Waals surface area contributed by atoms with E-state index in [-0.39, 0.29) is 24.5 Å². The molecular formula is C18H16N2O5. The summed E-state index contributed by atoms with van der Waals surface area (Å²) in [7, 11) is 1.39. The summed E-state index contributed by atoms with van der Waals surface area (Å²) in [4.78, 5) is 27.5. The van der Waals surface area contributed by atoms with E-state index in [9.17, 15) is 14.9 Å². The topological polar surface area (TPSA) is 91.6 Å². The Labute approximate surface area is 143 Å². The van der Waals surface area contributed by atoms with Crippen LogP contribution in [0.5, 0.6) is 5.75 Å². The third-order valence-electron chi connectivity index (χ3n) is 3.94. The zero-order valence-electron chi connectivity index (χ0n) is 13.8. The summed E-state index contributed by atoms with van der Waals surface area (Å²) in [6.07, 6.45) is 1.47. The molecule has 0 aliphatic heterocycles. The molecule has 1 heterocycles. The molecule has 0 saturated heterocycles. The van der Waals surface area contributed by atoms with Gasteiger partial charge in [-0.25, -0.2) is 0 Å². The maximum Gasteiger partial charge on any atom is 0.321 e. The highest BCUT2D eigenvalue weighted by atomic mass is 16.6. The minimum Gasteiger partial charge on any atom is -0.490 e. The molecule has 0 fully saturated rings. The maximum atomic E-state index is 11.9. The van der Waals surface area contributed by atoms with E-state index in [0.29, 0.717) is 21.9 Å². The summed E-state index contributed by atoms with van der Waals surface area (Å²) >= 11 is 0. The van der Waals surface area contributed by atoms with E-state index < -0.39 is 10.9 Å². The lowest BCUT2D eigenvalue weighted by Crippen LogP contribution is -2.09. The van der Waals surface area contributed by atoms with Gasteiger partial charge in [-0.05, 0) is 18.6 Å². The van der Waals surface area contributed by atoms with Gasteiger partial charge < -0.3 is 9.47 Å². The van der Waals surface area contributed by atoms with E-state index in [1.54, 1.807) is 31.3 Å². The number of esters is 1. The Balaban J connectivity index is 2.42. The number of rotatable bonds is 5. The highest BCUT2D eigenvalue weighted by Gasteiger charge is 2.27. The minimum atomic E-state index is -0.496. The van der Waals surface area contributed by atoms with Gasteiger partial charge in [-0.15, -0.1) is 0 Å². The molecule has 0 unspecified atom stereocenters. The van der Waals surface area contributed by atoms with Gasteiger partial charge in [0.15, 0.2) is 0 Å². The molecule has 0 spiro atoms. The van der Waals surface area contributed by atoms with Gasteiger partial charge in [0.05, 0.1) is 36.0 Å². The number of aromatic nitrogens is 1. The van der Waals surface area contributed by atoms with Crippen molar-refractivity contribution in [1.29, 1.82) is 0 Å². The van der Waals surface area contributed by atoms with E-state index >= 15 is 0 Å². The van der Waals surface area contributed by atoms with Crippen molar-refractivity contribution < 1.29 is 19.2 Å². The van der Waals surface area contributed by atoms with Gasteiger partial charge in [0.1, 0.15) is 0 Å². The monoisotopic (exact) mass is 340 g/mol. The number of benzene rings is 2. The summed E-state index contributed by atoms with van der Waals surface area (Å²) in [5.41, 5.74) is 0.757. The van der Waals surface area contributed by atoms with Crippen LogP contribution in [0.1, 0.15) is 12.5 Å². The summed E-state index contributed by atoms with van der Waals surface area (Å²) in [5.74, 6) is -0.289. The fourth-order valence-electron chi connectivity index (χ4n) is 2.99. The lowest BCUT2D eigenvalue weighted by atomic mass is 9.98. The van der Waals surface area contributed by atoms with Gasteiger partial charge in [-0.2, -0.15) is 0 Å². The van der Waals surface area contributed by atoms with Crippen LogP contribution in [-0.2, 0) is 16.0 Å². The number of nitro benzene ring substituents is 1. The van der Waals surface area contributed by atoms with Gasteiger partial charge >= 0.3 is 11.7 Å². The molecule has 25 heavy (non-hydrogen) atoms. The predicted octanol–water partition coefficient (Wildman–Crippen LogP) is 3.41. The summed E-state index contributed by atoms with van der Waals surface area (Å²) in [6.45, 7) is 1.96. The summed E-state index contributed by atoms with van der Waals surface area (Å²) in [6, 6.07) is 8.78. The minimum absolute atomic E-state index is 0.0742. The highest BCUT2D eigenvalue weighted by Crippen LogP contribution is 2.43. The van der Waals surface area contributed by atoms with E-state index in [0.717, 1.165) is 5.39 Å². The number of pyridine rings is 1. The molecule has 0 amide bonds. The van der Waals surface area contributed by atoms with Crippen LogP contribution in [0.25, 0.3) is 21.7 Å². The third kappa shape index (κ3) is 2.84. The first-order valence-electron chi connectivity index (χ1n) is 7.74. The average molecular weight is 340 g/mol. The first kappa shape index (κ1) is 16.6. The van der Waals surface area contributed by atoms with Crippen LogP contribution in [0.4, 0.5) is 5.69 Å². The van der Waals surface area contributed by atoms with Crippen molar-refractivity contribution in [3.8, 4) is 5.75 Å². The Bertz CT molecular complexity index is 984. The standard InChI is InChI=1S/C18H16N2O5/c1-3-25-14(21)10-11-8-9-19-16-12-6-4-5-7-13(12)18(24-2)17(15(11)16)20(22)23/h4-9H,3,10H2,1-2H3. The van der Waals surface area contributed by atoms with Crippen LogP contribution < -0.4 is 4.74 Å². The van der Waals surface area contributed by atoms with E-state index in [2.05, 4.69) is 4.98 Å². The Morgan fingerprint density at radius 2 is 1.96 bits per heavy atom. The first-order valence-corrected chi connectivity index (χ1v) is 7.74. The number of nitro groups is 1. The molecular weight excluding hydrogens is 324 g/mol. The van der Waals surface area contributed by atoms with Gasteiger partial charge in [0.2, 0.25) is 5.75 Å². The molecule has 2 aromatic carbocycles. The second-order valence-corrected chi connectivity index (χ2v) is 5.36. The average Bonchev–Trinajstić information content (AvgIpc) is 2.60. The Morgan fingerprint density at radius 1 is 1.24 bits per heavy atom. The zero-order chi connectivity index (χ0) is 18.0. The second kappa shape index (κ2) is 6.72. The number of hydrogen-bond donors (Lipinski definition) is 0. The number of nitrogens with zero attached hydrogens (tertiary/aromatic N) is 2. The van der Waals surface area contributed by atoms with Crippen LogP contribution in [0, 0.1) is 10.1 Å². The summed E-state index contributed by atoms with van der Waals surface area (Å²) < 4.78 is 10.3. The van der Waals surface area contributed by atoms with Gasteiger partial charge in [-0.1, -0.05) is 24.3 Å². The molecule has 0 radical (unpaired) electrons. The fraction of sp³-hybridized carbons (Fsp3) is 0.222. The predicted molar refractivity (Wildman–Crippen MR) is 92.8 cm³/mol. The number of methoxy groups -OCH3 is 1. The van der Waals surface area contributed by atoms with Crippen molar-refractivity contribution in [3.63, 3.8) is 0 Å². The first-order chi connectivity index (χ1) is 12.1. The number of hydrogen-bond acceptors (Lipinski definition) is 6. The molecule has 128 valence electrons. The molecule has 0 bridgehead atoms. The number of ether oxygens (including phenoxy) is 2. The third-order valence-corrected chi connectivity index (χ3v) is 3.94. The van der Waals surface area contributed by atoms with Crippen molar-refractivity contribution in [2.75, 3.05) is 13.7 Å². The molecule has 7 nitrogen and oxygen atoms in total. The van der Waals surface area contributed by atoms with Crippen LogP contribution in [0.2, 0.25) is 0 Å². The van der Waals surface area contributed by atoms with Crippen LogP contribution in [0.3, 0.4) is 0 Å². The van der Waals surface area contributed by atoms with Crippen LogP contribution in [-0.4, -0.2) is 29.6 Å². The quantitative estimate of drug-likeness (QED) is 0.306. The second-order valence-electron chi connectivity index (χ2n) is 5.36. The number of fused-ring (bicyclic) bond motifs is 3. The van der Waals surface area contributed by atoms with E-state index in [1.807, 2.05) is 12.1 Å². The SMILES string of the molecule is CCOC(=O)Cc1ccnc2c1c([N+](=O)[O-])c(OC)c1ccccc12. The summed E-state index contributed by atoms with van der Waals surface area (Å²) in [5, 5.41) is 13.4. The molecule has 0 aliphatic carbocycles. The van der Waals surface area contributed by atoms with Crippen molar-refractivity contribution in [2.24, 2.45) is 0 Å². The molecule has 0 saturated carbocycles. The molecule has 3 rings (SSSR count). The molecule has 0 N–H and O–H groups in total. The van der Waals surface area contributed by atoms with Gasteiger partial charge in [0.25, 0.3) is 0 Å². The molecule has 1 aromatic heterocycles. The highest BCUT2D eigenvalue weighted by molar-refractivity contribution is 6.14. The smallest absolute Gasteiger partial charge is 0.321 e. The Morgan fingerprint density at radius 3 is 2.60 bits per heavy atom. The molecule has 0 atom stereocenters.